The van der Waals surface area contributed by atoms with E-state index in [2.05, 4.69) is 203 Å². The quantitative estimate of drug-likeness (QED) is 0.178. The third-order valence-corrected chi connectivity index (χ3v) is 10.9. The fourth-order valence-electron chi connectivity index (χ4n) is 8.51. The monoisotopic (exact) mass is 660 g/mol. The molecule has 0 aliphatic rings. The van der Waals surface area contributed by atoms with E-state index in [1.54, 1.807) is 0 Å². The van der Waals surface area contributed by atoms with Crippen LogP contribution in [0.15, 0.2) is 194 Å². The summed E-state index contributed by atoms with van der Waals surface area (Å²) in [5.41, 5.74) is 12.0. The van der Waals surface area contributed by atoms with Crippen molar-refractivity contribution < 1.29 is 0 Å². The van der Waals surface area contributed by atoms with Crippen LogP contribution in [0.25, 0.3) is 98.8 Å². The highest BCUT2D eigenvalue weighted by Gasteiger charge is 2.18. The van der Waals surface area contributed by atoms with E-state index in [0.29, 0.717) is 0 Å². The summed E-state index contributed by atoms with van der Waals surface area (Å²) in [5, 5.41) is 10.2. The Morgan fingerprint density at radius 1 is 0.250 bits per heavy atom. The van der Waals surface area contributed by atoms with Gasteiger partial charge < -0.3 is 9.13 Å². The van der Waals surface area contributed by atoms with Gasteiger partial charge in [-0.3, -0.25) is 0 Å². The van der Waals surface area contributed by atoms with Crippen molar-refractivity contribution >= 4 is 65.2 Å². The summed E-state index contributed by atoms with van der Waals surface area (Å²) in [7, 11) is 0. The summed E-state index contributed by atoms with van der Waals surface area (Å²) in [6.45, 7) is 0. The van der Waals surface area contributed by atoms with E-state index >= 15 is 0 Å². The molecule has 0 bridgehead atoms. The van der Waals surface area contributed by atoms with Crippen LogP contribution in [0.1, 0.15) is 0 Å². The standard InChI is InChI=1S/C50H32N2/c1-2-11-33(12-3-1)37-15-10-16-40(31-37)52-45-20-9-8-19-43(45)44-32-38(25-28-46(44)52)34-21-26-39(27-22-34)51-47-29-23-35-13-4-6-17-41(35)49(47)50-42-18-7-5-14-36(42)24-30-48(50)51/h1-32H. The zero-order valence-corrected chi connectivity index (χ0v) is 28.4. The number of para-hydroxylation sites is 1. The predicted octanol–water partition coefficient (Wildman–Crippen LogP) is 13.5. The average Bonchev–Trinajstić information content (AvgIpc) is 3.74. The van der Waals surface area contributed by atoms with Gasteiger partial charge in [0, 0.05) is 32.9 Å². The minimum atomic E-state index is 1.16. The van der Waals surface area contributed by atoms with Gasteiger partial charge in [0.2, 0.25) is 0 Å². The fraction of sp³-hybridized carbons (Fsp3) is 0. The lowest BCUT2D eigenvalue weighted by atomic mass is 10.00. The van der Waals surface area contributed by atoms with Gasteiger partial charge >= 0.3 is 0 Å². The van der Waals surface area contributed by atoms with Gasteiger partial charge in [-0.05, 0) is 98.4 Å². The molecule has 9 aromatic carbocycles. The summed E-state index contributed by atoms with van der Waals surface area (Å²) in [4.78, 5) is 0. The van der Waals surface area contributed by atoms with E-state index in [4.69, 9.17) is 0 Å². The first kappa shape index (κ1) is 28.9. The Morgan fingerprint density at radius 3 is 1.46 bits per heavy atom. The normalized spacial score (nSPS) is 11.8. The molecule has 0 aliphatic carbocycles. The molecule has 0 aliphatic heterocycles. The lowest BCUT2D eigenvalue weighted by Crippen LogP contribution is -1.94. The Bertz CT molecular complexity index is 3070. The average molecular weight is 661 g/mol. The second kappa shape index (κ2) is 11.3. The molecule has 2 aromatic heterocycles. The zero-order valence-electron chi connectivity index (χ0n) is 28.4. The minimum Gasteiger partial charge on any atom is -0.309 e. The third kappa shape index (κ3) is 4.31. The summed E-state index contributed by atoms with van der Waals surface area (Å²) in [5.74, 6) is 0. The second-order valence-electron chi connectivity index (χ2n) is 13.7. The lowest BCUT2D eigenvalue weighted by molar-refractivity contribution is 1.18. The van der Waals surface area contributed by atoms with Crippen LogP contribution >= 0.6 is 0 Å². The molecular formula is C50H32N2. The predicted molar refractivity (Wildman–Crippen MR) is 221 cm³/mol. The zero-order chi connectivity index (χ0) is 34.2. The number of fused-ring (bicyclic) bond motifs is 10. The van der Waals surface area contributed by atoms with Gasteiger partial charge in [0.05, 0.1) is 22.1 Å². The molecule has 0 saturated carbocycles. The molecule has 0 spiro atoms. The van der Waals surface area contributed by atoms with E-state index in [0.717, 1.165) is 11.4 Å². The maximum absolute atomic E-state index is 2.44. The molecule has 2 heteroatoms. The first-order valence-corrected chi connectivity index (χ1v) is 17.9. The number of hydrogen-bond acceptors (Lipinski definition) is 0. The Morgan fingerprint density at radius 2 is 0.750 bits per heavy atom. The van der Waals surface area contributed by atoms with Crippen LogP contribution in [0.3, 0.4) is 0 Å². The summed E-state index contributed by atoms with van der Waals surface area (Å²) in [6.07, 6.45) is 0. The molecule has 242 valence electrons. The molecule has 2 heterocycles. The lowest BCUT2D eigenvalue weighted by Gasteiger charge is -2.11. The van der Waals surface area contributed by atoms with E-state index < -0.39 is 0 Å². The fourth-order valence-corrected chi connectivity index (χ4v) is 8.51. The number of rotatable bonds is 4. The van der Waals surface area contributed by atoms with Gasteiger partial charge in [0.1, 0.15) is 0 Å². The summed E-state index contributed by atoms with van der Waals surface area (Å²) < 4.78 is 4.84. The van der Waals surface area contributed by atoms with E-state index in [1.807, 2.05) is 0 Å². The maximum atomic E-state index is 2.44. The van der Waals surface area contributed by atoms with Gasteiger partial charge in [0.15, 0.2) is 0 Å². The van der Waals surface area contributed by atoms with Crippen molar-refractivity contribution in [2.45, 2.75) is 0 Å². The summed E-state index contributed by atoms with van der Waals surface area (Å²) in [6, 6.07) is 70.9. The van der Waals surface area contributed by atoms with Gasteiger partial charge in [0.25, 0.3) is 0 Å². The van der Waals surface area contributed by atoms with Crippen LogP contribution in [-0.2, 0) is 0 Å². The Kier molecular flexibility index (Phi) is 6.28. The van der Waals surface area contributed by atoms with Crippen LogP contribution in [0, 0.1) is 0 Å². The molecule has 11 rings (SSSR count). The molecule has 0 N–H and O–H groups in total. The van der Waals surface area contributed by atoms with Crippen LogP contribution in [0.4, 0.5) is 0 Å². The molecule has 0 fully saturated rings. The number of nitrogens with zero attached hydrogens (tertiary/aromatic N) is 2. The van der Waals surface area contributed by atoms with Crippen LogP contribution in [0.2, 0.25) is 0 Å². The highest BCUT2D eigenvalue weighted by atomic mass is 15.0. The van der Waals surface area contributed by atoms with Crippen LogP contribution in [-0.4, -0.2) is 9.13 Å². The first-order valence-electron chi connectivity index (χ1n) is 17.9. The molecule has 2 nitrogen and oxygen atoms in total. The van der Waals surface area contributed by atoms with Crippen molar-refractivity contribution in [2.75, 3.05) is 0 Å². The molecule has 11 aromatic rings. The van der Waals surface area contributed by atoms with Crippen molar-refractivity contribution in [1.29, 1.82) is 0 Å². The van der Waals surface area contributed by atoms with Crippen molar-refractivity contribution in [3.63, 3.8) is 0 Å². The van der Waals surface area contributed by atoms with Gasteiger partial charge in [-0.15, -0.1) is 0 Å². The summed E-state index contributed by atoms with van der Waals surface area (Å²) >= 11 is 0. The second-order valence-corrected chi connectivity index (χ2v) is 13.7. The van der Waals surface area contributed by atoms with Crippen molar-refractivity contribution in [1.82, 2.24) is 9.13 Å². The number of aromatic nitrogens is 2. The van der Waals surface area contributed by atoms with Crippen molar-refractivity contribution in [3.05, 3.63) is 194 Å². The highest BCUT2D eigenvalue weighted by Crippen LogP contribution is 2.41. The smallest absolute Gasteiger partial charge is 0.0547 e. The van der Waals surface area contributed by atoms with Gasteiger partial charge in [-0.1, -0.05) is 140 Å². The number of benzene rings is 9. The largest absolute Gasteiger partial charge is 0.309 e. The van der Waals surface area contributed by atoms with E-state index in [9.17, 15) is 0 Å². The molecule has 0 unspecified atom stereocenters. The molecule has 0 atom stereocenters. The van der Waals surface area contributed by atoms with Crippen molar-refractivity contribution in [3.8, 4) is 33.6 Å². The SMILES string of the molecule is c1ccc(-c2cccc(-n3c4ccccc4c4cc(-c5ccc(-n6c7ccc8ccccc8c7c7c8ccccc8ccc76)cc5)ccc43)c2)cc1. The topological polar surface area (TPSA) is 9.86 Å². The van der Waals surface area contributed by atoms with Gasteiger partial charge in [-0.25, -0.2) is 0 Å². The minimum absolute atomic E-state index is 1.16. The van der Waals surface area contributed by atoms with Crippen LogP contribution in [0.5, 0.6) is 0 Å². The number of hydrogen-bond donors (Lipinski definition) is 0. The molecule has 0 saturated heterocycles. The molecule has 0 amide bonds. The Balaban J connectivity index is 1.06. The molecular weight excluding hydrogens is 629 g/mol. The third-order valence-electron chi connectivity index (χ3n) is 10.9. The Hall–Kier alpha value is -6.90. The van der Waals surface area contributed by atoms with Crippen molar-refractivity contribution in [2.24, 2.45) is 0 Å². The highest BCUT2D eigenvalue weighted by molar-refractivity contribution is 6.28. The molecule has 52 heavy (non-hydrogen) atoms. The Labute approximate surface area is 301 Å². The van der Waals surface area contributed by atoms with E-state index in [-0.39, 0.29) is 0 Å². The van der Waals surface area contributed by atoms with Gasteiger partial charge in [-0.2, -0.15) is 0 Å². The van der Waals surface area contributed by atoms with E-state index in [1.165, 1.54) is 87.4 Å². The van der Waals surface area contributed by atoms with Crippen LogP contribution < -0.4 is 0 Å². The first-order chi connectivity index (χ1) is 25.8. The molecule has 0 radical (unpaired) electrons. The maximum Gasteiger partial charge on any atom is 0.0547 e.